The van der Waals surface area contributed by atoms with Gasteiger partial charge in [-0.05, 0) is 18.8 Å². The summed E-state index contributed by atoms with van der Waals surface area (Å²) in [5.41, 5.74) is 0. The predicted octanol–water partition coefficient (Wildman–Crippen LogP) is 0.579. The van der Waals surface area contributed by atoms with Crippen LogP contribution in [0.5, 0.6) is 0 Å². The van der Waals surface area contributed by atoms with Crippen molar-refractivity contribution in [3.05, 3.63) is 0 Å². The molecule has 2 unspecified atom stereocenters. The number of nitrogens with one attached hydrogen (secondary N) is 1. The highest BCUT2D eigenvalue weighted by Gasteiger charge is 2.45. The van der Waals surface area contributed by atoms with E-state index in [1.165, 1.54) is 19.3 Å². The van der Waals surface area contributed by atoms with Crippen LogP contribution in [-0.4, -0.2) is 42.8 Å². The van der Waals surface area contributed by atoms with Crippen LogP contribution in [0.15, 0.2) is 0 Å². The van der Waals surface area contributed by atoms with Gasteiger partial charge in [-0.2, -0.15) is 0 Å². The number of ether oxygens (including phenoxy) is 1. The third-order valence-corrected chi connectivity index (χ3v) is 3.69. The molecule has 3 rings (SSSR count). The van der Waals surface area contributed by atoms with Crippen molar-refractivity contribution in [3.8, 4) is 0 Å². The second-order valence-electron chi connectivity index (χ2n) is 4.60. The fourth-order valence-electron chi connectivity index (χ4n) is 2.57. The van der Waals surface area contributed by atoms with E-state index in [1.807, 2.05) is 4.90 Å². The fraction of sp³-hybridized carbons (Fsp3) is 0.900. The smallest absolute Gasteiger partial charge is 0.410 e. The van der Waals surface area contributed by atoms with E-state index in [9.17, 15) is 4.79 Å². The van der Waals surface area contributed by atoms with Crippen LogP contribution in [0.25, 0.3) is 0 Å². The summed E-state index contributed by atoms with van der Waals surface area (Å²) in [5, 5.41) is 3.27. The van der Waals surface area contributed by atoms with Gasteiger partial charge in [-0.3, -0.25) is 4.90 Å². The predicted molar refractivity (Wildman–Crippen MR) is 51.0 cm³/mol. The van der Waals surface area contributed by atoms with Crippen molar-refractivity contribution in [1.82, 2.24) is 10.2 Å². The van der Waals surface area contributed by atoms with E-state index in [-0.39, 0.29) is 12.2 Å². The van der Waals surface area contributed by atoms with Crippen molar-refractivity contribution < 1.29 is 9.53 Å². The van der Waals surface area contributed by atoms with E-state index in [0.717, 1.165) is 25.6 Å². The Labute approximate surface area is 83.6 Å². The van der Waals surface area contributed by atoms with Gasteiger partial charge in [0.1, 0.15) is 6.10 Å². The van der Waals surface area contributed by atoms with Crippen LogP contribution in [0.4, 0.5) is 4.79 Å². The number of carbonyl (C=O) groups excluding carboxylic acids is 1. The average molecular weight is 196 g/mol. The zero-order valence-electron chi connectivity index (χ0n) is 8.24. The second kappa shape index (κ2) is 3.12. The Bertz CT molecular complexity index is 253. The highest BCUT2D eigenvalue weighted by Crippen LogP contribution is 2.31. The molecule has 1 N–H and O–H groups in total. The molecule has 2 heterocycles. The van der Waals surface area contributed by atoms with Crippen LogP contribution in [0.1, 0.15) is 19.3 Å². The van der Waals surface area contributed by atoms with Gasteiger partial charge in [-0.1, -0.05) is 6.42 Å². The lowest BCUT2D eigenvalue weighted by Crippen LogP contribution is -2.41. The Balaban J connectivity index is 1.67. The van der Waals surface area contributed by atoms with Crippen LogP contribution in [0.3, 0.4) is 0 Å². The maximum absolute atomic E-state index is 11.5. The van der Waals surface area contributed by atoms with E-state index in [0.29, 0.717) is 6.04 Å². The quantitative estimate of drug-likeness (QED) is 0.702. The minimum Gasteiger partial charge on any atom is -0.442 e. The summed E-state index contributed by atoms with van der Waals surface area (Å²) in [6.45, 7) is 2.66. The molecule has 1 amide bonds. The molecule has 3 aliphatic rings. The first-order chi connectivity index (χ1) is 6.84. The minimum atomic E-state index is -0.0894. The van der Waals surface area contributed by atoms with Crippen LogP contribution in [0, 0.1) is 5.92 Å². The molecule has 0 aromatic rings. The molecule has 2 aliphatic heterocycles. The number of nitrogens with zero attached hydrogens (tertiary/aromatic N) is 1. The summed E-state index contributed by atoms with van der Waals surface area (Å²) < 4.78 is 5.29. The van der Waals surface area contributed by atoms with Crippen molar-refractivity contribution in [1.29, 1.82) is 0 Å². The molecule has 1 saturated carbocycles. The number of hydrogen-bond acceptors (Lipinski definition) is 3. The molecule has 78 valence electrons. The van der Waals surface area contributed by atoms with E-state index in [1.54, 1.807) is 0 Å². The Morgan fingerprint density at radius 2 is 2.29 bits per heavy atom. The van der Waals surface area contributed by atoms with Gasteiger partial charge >= 0.3 is 6.09 Å². The van der Waals surface area contributed by atoms with Gasteiger partial charge in [-0.25, -0.2) is 4.79 Å². The summed E-state index contributed by atoms with van der Waals surface area (Å²) in [7, 11) is 0. The monoisotopic (exact) mass is 196 g/mol. The molecule has 0 bridgehead atoms. The number of rotatable bonds is 2. The molecule has 14 heavy (non-hydrogen) atoms. The van der Waals surface area contributed by atoms with E-state index < -0.39 is 0 Å². The first-order valence-electron chi connectivity index (χ1n) is 5.52. The molecule has 4 nitrogen and oxygen atoms in total. The molecule has 0 aromatic carbocycles. The third kappa shape index (κ3) is 1.21. The standard InChI is InChI=1S/C10H16N2O2/c13-10-12(6-7-2-1-3-7)8-4-11-5-9(8)14-10/h7-9,11H,1-6H2. The highest BCUT2D eigenvalue weighted by atomic mass is 16.6. The van der Waals surface area contributed by atoms with Crippen molar-refractivity contribution >= 4 is 6.09 Å². The van der Waals surface area contributed by atoms with Crippen LogP contribution < -0.4 is 5.32 Å². The molecular formula is C10H16N2O2. The van der Waals surface area contributed by atoms with Gasteiger partial charge in [-0.15, -0.1) is 0 Å². The van der Waals surface area contributed by atoms with Gasteiger partial charge in [0, 0.05) is 19.6 Å². The van der Waals surface area contributed by atoms with Gasteiger partial charge < -0.3 is 10.1 Å². The number of hydrogen-bond donors (Lipinski definition) is 1. The Kier molecular flexibility index (Phi) is 1.90. The number of fused-ring (bicyclic) bond motifs is 1. The minimum absolute atomic E-state index is 0.0894. The Hall–Kier alpha value is -0.770. The average Bonchev–Trinajstić information content (AvgIpc) is 2.59. The third-order valence-electron chi connectivity index (χ3n) is 3.69. The Morgan fingerprint density at radius 3 is 3.00 bits per heavy atom. The summed E-state index contributed by atoms with van der Waals surface area (Å²) in [6.07, 6.45) is 3.93. The van der Waals surface area contributed by atoms with Gasteiger partial charge in [0.25, 0.3) is 0 Å². The molecule has 1 aliphatic carbocycles. The SMILES string of the molecule is O=C1OC2CNCC2N1CC1CCC1. The highest BCUT2D eigenvalue weighted by molar-refractivity contribution is 5.71. The van der Waals surface area contributed by atoms with Crippen molar-refractivity contribution in [3.63, 3.8) is 0 Å². The van der Waals surface area contributed by atoms with E-state index >= 15 is 0 Å². The fourth-order valence-corrected chi connectivity index (χ4v) is 2.57. The molecule has 0 aromatic heterocycles. The molecule has 0 radical (unpaired) electrons. The molecule has 2 saturated heterocycles. The van der Waals surface area contributed by atoms with Crippen LogP contribution in [-0.2, 0) is 4.74 Å². The summed E-state index contributed by atoms with van der Waals surface area (Å²) in [5.74, 6) is 0.738. The van der Waals surface area contributed by atoms with E-state index in [4.69, 9.17) is 4.74 Å². The second-order valence-corrected chi connectivity index (χ2v) is 4.60. The molecule has 0 spiro atoms. The normalized spacial score (nSPS) is 36.9. The largest absolute Gasteiger partial charge is 0.442 e. The molecule has 2 atom stereocenters. The zero-order valence-corrected chi connectivity index (χ0v) is 8.24. The van der Waals surface area contributed by atoms with Crippen molar-refractivity contribution in [2.24, 2.45) is 5.92 Å². The Morgan fingerprint density at radius 1 is 1.43 bits per heavy atom. The molecule has 3 fully saturated rings. The van der Waals surface area contributed by atoms with Crippen molar-refractivity contribution in [2.45, 2.75) is 31.4 Å². The lowest BCUT2D eigenvalue weighted by atomic mass is 9.85. The molecule has 4 heteroatoms. The van der Waals surface area contributed by atoms with Gasteiger partial charge in [0.05, 0.1) is 6.04 Å². The summed E-state index contributed by atoms with van der Waals surface area (Å²) >= 11 is 0. The summed E-state index contributed by atoms with van der Waals surface area (Å²) in [4.78, 5) is 13.5. The zero-order chi connectivity index (χ0) is 9.54. The van der Waals surface area contributed by atoms with E-state index in [2.05, 4.69) is 5.32 Å². The lowest BCUT2D eigenvalue weighted by molar-refractivity contribution is 0.128. The first kappa shape index (κ1) is 8.53. The van der Waals surface area contributed by atoms with Gasteiger partial charge in [0.2, 0.25) is 0 Å². The van der Waals surface area contributed by atoms with Gasteiger partial charge in [0.15, 0.2) is 0 Å². The first-order valence-corrected chi connectivity index (χ1v) is 5.52. The van der Waals surface area contributed by atoms with Crippen LogP contribution in [0.2, 0.25) is 0 Å². The maximum atomic E-state index is 11.5. The number of carbonyl (C=O) groups is 1. The molecular weight excluding hydrogens is 180 g/mol. The summed E-state index contributed by atoms with van der Waals surface area (Å²) in [6, 6.07) is 0.308. The topological polar surface area (TPSA) is 41.6 Å². The van der Waals surface area contributed by atoms with Crippen molar-refractivity contribution in [2.75, 3.05) is 19.6 Å². The maximum Gasteiger partial charge on any atom is 0.410 e. The number of amides is 1. The lowest BCUT2D eigenvalue weighted by Gasteiger charge is -2.31. The van der Waals surface area contributed by atoms with Crippen LogP contribution >= 0.6 is 0 Å².